The van der Waals surface area contributed by atoms with Crippen molar-refractivity contribution in [3.05, 3.63) is 29.8 Å². The largest absolute Gasteiger partial charge is 0.469 e. The first-order chi connectivity index (χ1) is 7.22. The Morgan fingerprint density at radius 1 is 1.53 bits per heavy atom. The molecule has 0 aliphatic carbocycles. The van der Waals surface area contributed by atoms with Gasteiger partial charge in [-0.25, -0.2) is 0 Å². The molecule has 2 unspecified atom stereocenters. The molecule has 1 aliphatic heterocycles. The molecule has 15 heavy (non-hydrogen) atoms. The molecule has 0 fully saturated rings. The fourth-order valence-electron chi connectivity index (χ4n) is 1.87. The Morgan fingerprint density at radius 3 is 3.00 bits per heavy atom. The van der Waals surface area contributed by atoms with E-state index in [0.717, 1.165) is 11.3 Å². The zero-order valence-corrected chi connectivity index (χ0v) is 9.33. The Hall–Kier alpha value is -1.16. The monoisotopic (exact) mass is 223 g/mol. The number of ether oxygens (including phenoxy) is 1. The zero-order valence-electron chi connectivity index (χ0n) is 8.43. The fraction of sp³-hybridized carbons (Fsp3) is 0.364. The summed E-state index contributed by atoms with van der Waals surface area (Å²) in [6.45, 7) is 0. The van der Waals surface area contributed by atoms with Gasteiger partial charge in [0.2, 0.25) is 0 Å². The number of carbonyl (C=O) groups is 1. The number of para-hydroxylation sites is 1. The molecule has 0 radical (unpaired) electrons. The molecule has 1 aliphatic rings. The SMILES string of the molecule is COC(=O)CC1c2ccccc2NC1S. The molecule has 1 heterocycles. The highest BCUT2D eigenvalue weighted by molar-refractivity contribution is 7.81. The van der Waals surface area contributed by atoms with Crippen LogP contribution in [0.2, 0.25) is 0 Å². The predicted octanol–water partition coefficient (Wildman–Crippen LogP) is 2.01. The average molecular weight is 223 g/mol. The smallest absolute Gasteiger partial charge is 0.306 e. The molecule has 0 amide bonds. The maximum Gasteiger partial charge on any atom is 0.306 e. The Balaban J connectivity index is 2.22. The van der Waals surface area contributed by atoms with Crippen molar-refractivity contribution in [1.82, 2.24) is 0 Å². The number of rotatable bonds is 2. The van der Waals surface area contributed by atoms with Crippen LogP contribution in [0.1, 0.15) is 17.9 Å². The van der Waals surface area contributed by atoms with Crippen molar-refractivity contribution in [3.8, 4) is 0 Å². The average Bonchev–Trinajstić information content (AvgIpc) is 2.55. The summed E-state index contributed by atoms with van der Waals surface area (Å²) in [6.07, 6.45) is 0.370. The van der Waals surface area contributed by atoms with E-state index in [9.17, 15) is 4.79 Å². The number of fused-ring (bicyclic) bond motifs is 1. The molecule has 3 nitrogen and oxygen atoms in total. The van der Waals surface area contributed by atoms with Crippen molar-refractivity contribution in [2.24, 2.45) is 0 Å². The lowest BCUT2D eigenvalue weighted by molar-refractivity contribution is -0.141. The van der Waals surface area contributed by atoms with Crippen LogP contribution in [0.3, 0.4) is 0 Å². The zero-order chi connectivity index (χ0) is 10.8. The third-order valence-electron chi connectivity index (χ3n) is 2.66. The van der Waals surface area contributed by atoms with E-state index >= 15 is 0 Å². The molecule has 0 saturated heterocycles. The number of thiol groups is 1. The Bertz CT molecular complexity index is 381. The van der Waals surface area contributed by atoms with E-state index in [1.807, 2.05) is 24.3 Å². The van der Waals surface area contributed by atoms with Crippen molar-refractivity contribution in [2.75, 3.05) is 12.4 Å². The van der Waals surface area contributed by atoms with Crippen molar-refractivity contribution in [1.29, 1.82) is 0 Å². The molecule has 1 aromatic rings. The molecular weight excluding hydrogens is 210 g/mol. The topological polar surface area (TPSA) is 38.3 Å². The van der Waals surface area contributed by atoms with E-state index < -0.39 is 0 Å². The second-order valence-electron chi connectivity index (χ2n) is 3.56. The number of methoxy groups -OCH3 is 1. The van der Waals surface area contributed by atoms with E-state index in [2.05, 4.69) is 22.7 Å². The van der Waals surface area contributed by atoms with Gasteiger partial charge < -0.3 is 10.1 Å². The van der Waals surface area contributed by atoms with Crippen molar-refractivity contribution >= 4 is 24.3 Å². The quantitative estimate of drug-likeness (QED) is 0.595. The summed E-state index contributed by atoms with van der Waals surface area (Å²) in [6, 6.07) is 7.95. The molecule has 80 valence electrons. The molecule has 0 saturated carbocycles. The molecular formula is C11H13NO2S. The third kappa shape index (κ3) is 1.95. The van der Waals surface area contributed by atoms with Crippen LogP contribution in [-0.2, 0) is 9.53 Å². The summed E-state index contributed by atoms with van der Waals surface area (Å²) in [5.41, 5.74) is 2.20. The van der Waals surface area contributed by atoms with Crippen LogP contribution in [0.4, 0.5) is 5.69 Å². The minimum Gasteiger partial charge on any atom is -0.469 e. The summed E-state index contributed by atoms with van der Waals surface area (Å²) in [5, 5.41) is 3.22. The number of benzene rings is 1. The number of esters is 1. The van der Waals surface area contributed by atoms with Crippen molar-refractivity contribution < 1.29 is 9.53 Å². The number of anilines is 1. The van der Waals surface area contributed by atoms with Gasteiger partial charge in [-0.15, -0.1) is 0 Å². The van der Waals surface area contributed by atoms with Gasteiger partial charge in [0, 0.05) is 11.6 Å². The molecule has 4 heteroatoms. The van der Waals surface area contributed by atoms with Crippen LogP contribution >= 0.6 is 12.6 Å². The fourth-order valence-corrected chi connectivity index (χ4v) is 2.27. The molecule has 2 rings (SSSR count). The highest BCUT2D eigenvalue weighted by atomic mass is 32.1. The van der Waals surface area contributed by atoms with Crippen LogP contribution in [0.15, 0.2) is 24.3 Å². The minimum absolute atomic E-state index is 0.0125. The maximum absolute atomic E-state index is 11.2. The number of hydrogen-bond donors (Lipinski definition) is 2. The standard InChI is InChI=1S/C11H13NO2S/c1-14-10(13)6-8-7-4-2-3-5-9(7)12-11(8)15/h2-5,8,11-12,15H,6H2,1H3. The van der Waals surface area contributed by atoms with Gasteiger partial charge in [-0.3, -0.25) is 4.79 Å². The van der Waals surface area contributed by atoms with Crippen LogP contribution < -0.4 is 5.32 Å². The van der Waals surface area contributed by atoms with E-state index in [4.69, 9.17) is 0 Å². The lowest BCUT2D eigenvalue weighted by Gasteiger charge is -2.13. The third-order valence-corrected chi connectivity index (χ3v) is 3.15. The summed E-state index contributed by atoms with van der Waals surface area (Å²) in [5.74, 6) is -0.102. The first-order valence-corrected chi connectivity index (χ1v) is 5.34. The molecule has 0 aromatic heterocycles. The Kier molecular flexibility index (Phi) is 2.86. The van der Waals surface area contributed by atoms with Crippen molar-refractivity contribution in [3.63, 3.8) is 0 Å². The summed E-state index contributed by atoms with van der Waals surface area (Å²) < 4.78 is 4.67. The second-order valence-corrected chi connectivity index (χ2v) is 4.12. The number of nitrogens with one attached hydrogen (secondary N) is 1. The molecule has 1 aromatic carbocycles. The van der Waals surface area contributed by atoms with Crippen LogP contribution in [0.5, 0.6) is 0 Å². The first kappa shape index (κ1) is 10.4. The summed E-state index contributed by atoms with van der Waals surface area (Å²) >= 11 is 4.43. The van der Waals surface area contributed by atoms with Gasteiger partial charge in [0.1, 0.15) is 0 Å². The van der Waals surface area contributed by atoms with E-state index in [-0.39, 0.29) is 17.3 Å². The summed E-state index contributed by atoms with van der Waals surface area (Å²) in [7, 11) is 1.41. The van der Waals surface area contributed by atoms with Crippen molar-refractivity contribution in [2.45, 2.75) is 17.7 Å². The van der Waals surface area contributed by atoms with Gasteiger partial charge in [0.05, 0.1) is 18.9 Å². The Labute approximate surface area is 94.2 Å². The highest BCUT2D eigenvalue weighted by Gasteiger charge is 2.31. The molecule has 0 spiro atoms. The lowest BCUT2D eigenvalue weighted by atomic mass is 9.98. The number of hydrogen-bond acceptors (Lipinski definition) is 4. The van der Waals surface area contributed by atoms with E-state index in [1.165, 1.54) is 7.11 Å². The van der Waals surface area contributed by atoms with Gasteiger partial charge in [-0.05, 0) is 11.6 Å². The first-order valence-electron chi connectivity index (χ1n) is 4.82. The van der Waals surface area contributed by atoms with Gasteiger partial charge in [-0.1, -0.05) is 18.2 Å². The summed E-state index contributed by atoms with van der Waals surface area (Å²) in [4.78, 5) is 11.2. The van der Waals surface area contributed by atoms with Crippen LogP contribution in [0, 0.1) is 0 Å². The predicted molar refractivity (Wildman–Crippen MR) is 62.2 cm³/mol. The number of carbonyl (C=O) groups excluding carboxylic acids is 1. The molecule has 1 N–H and O–H groups in total. The lowest BCUT2D eigenvalue weighted by Crippen LogP contribution is -2.17. The van der Waals surface area contributed by atoms with Gasteiger partial charge in [0.15, 0.2) is 0 Å². The van der Waals surface area contributed by atoms with Crippen LogP contribution in [0.25, 0.3) is 0 Å². The highest BCUT2D eigenvalue weighted by Crippen LogP contribution is 2.39. The van der Waals surface area contributed by atoms with Gasteiger partial charge in [0.25, 0.3) is 0 Å². The second kappa shape index (κ2) is 4.14. The maximum atomic E-state index is 11.2. The van der Waals surface area contributed by atoms with E-state index in [1.54, 1.807) is 0 Å². The normalized spacial score (nSPS) is 23.1. The molecule has 0 bridgehead atoms. The van der Waals surface area contributed by atoms with Gasteiger partial charge in [-0.2, -0.15) is 12.6 Å². The minimum atomic E-state index is -0.197. The molecule has 2 atom stereocenters. The van der Waals surface area contributed by atoms with E-state index in [0.29, 0.717) is 6.42 Å². The van der Waals surface area contributed by atoms with Crippen LogP contribution in [-0.4, -0.2) is 18.5 Å². The van der Waals surface area contributed by atoms with Gasteiger partial charge >= 0.3 is 5.97 Å². The Morgan fingerprint density at radius 2 is 2.27 bits per heavy atom.